The maximum Gasteiger partial charge on any atom is 0.271 e. The standard InChI is InChI=1S/C16H18N6OS/c1-9-11(5-6-24-9)20-14-7-12(17-2)15-18-8-13(22(15)21-14)16(23)19-10-3-4-10/h5-8,10,17H,3-4H2,1-2H3,(H,19,23)(H,20,21). The van der Waals surface area contributed by atoms with Crippen molar-refractivity contribution >= 4 is 40.1 Å². The van der Waals surface area contributed by atoms with E-state index < -0.39 is 0 Å². The van der Waals surface area contributed by atoms with Crippen LogP contribution in [0.25, 0.3) is 5.65 Å². The van der Waals surface area contributed by atoms with Crippen molar-refractivity contribution in [1.29, 1.82) is 0 Å². The van der Waals surface area contributed by atoms with Crippen molar-refractivity contribution < 1.29 is 4.79 Å². The number of nitrogens with zero attached hydrogens (tertiary/aromatic N) is 3. The van der Waals surface area contributed by atoms with Gasteiger partial charge in [-0.15, -0.1) is 16.4 Å². The Morgan fingerprint density at radius 3 is 2.88 bits per heavy atom. The number of carbonyl (C=O) groups is 1. The number of thiophene rings is 1. The Balaban J connectivity index is 1.74. The van der Waals surface area contributed by atoms with E-state index in [0.29, 0.717) is 23.2 Å². The zero-order chi connectivity index (χ0) is 16.7. The van der Waals surface area contributed by atoms with E-state index in [4.69, 9.17) is 0 Å². The summed E-state index contributed by atoms with van der Waals surface area (Å²) in [6.45, 7) is 2.05. The zero-order valence-electron chi connectivity index (χ0n) is 13.5. The molecule has 0 saturated heterocycles. The third-order valence-electron chi connectivity index (χ3n) is 4.00. The van der Waals surface area contributed by atoms with Gasteiger partial charge >= 0.3 is 0 Å². The highest BCUT2D eigenvalue weighted by atomic mass is 32.1. The lowest BCUT2D eigenvalue weighted by atomic mass is 10.3. The number of nitrogens with one attached hydrogen (secondary N) is 3. The molecule has 3 N–H and O–H groups in total. The molecular formula is C16H18N6OS. The van der Waals surface area contributed by atoms with Crippen LogP contribution in [0.15, 0.2) is 23.7 Å². The van der Waals surface area contributed by atoms with E-state index in [0.717, 1.165) is 24.2 Å². The molecule has 8 heteroatoms. The van der Waals surface area contributed by atoms with Gasteiger partial charge in [-0.1, -0.05) is 0 Å². The Morgan fingerprint density at radius 1 is 1.38 bits per heavy atom. The van der Waals surface area contributed by atoms with Crippen molar-refractivity contribution in [2.45, 2.75) is 25.8 Å². The van der Waals surface area contributed by atoms with Crippen LogP contribution in [-0.4, -0.2) is 33.6 Å². The Morgan fingerprint density at radius 2 is 2.21 bits per heavy atom. The molecular weight excluding hydrogens is 324 g/mol. The molecule has 0 bridgehead atoms. The molecule has 7 nitrogen and oxygen atoms in total. The normalized spacial score (nSPS) is 13.9. The molecule has 3 aromatic heterocycles. The van der Waals surface area contributed by atoms with Gasteiger partial charge in [0.15, 0.2) is 17.2 Å². The number of rotatable bonds is 5. The average molecular weight is 342 g/mol. The van der Waals surface area contributed by atoms with Gasteiger partial charge in [-0.25, -0.2) is 9.50 Å². The van der Waals surface area contributed by atoms with E-state index >= 15 is 0 Å². The van der Waals surface area contributed by atoms with E-state index in [2.05, 4.69) is 33.0 Å². The van der Waals surface area contributed by atoms with Crippen LogP contribution < -0.4 is 16.0 Å². The van der Waals surface area contributed by atoms with Gasteiger partial charge in [-0.2, -0.15) is 0 Å². The Kier molecular flexibility index (Phi) is 3.61. The van der Waals surface area contributed by atoms with Crippen LogP contribution >= 0.6 is 11.3 Å². The number of hydrogen-bond acceptors (Lipinski definition) is 6. The van der Waals surface area contributed by atoms with Gasteiger partial charge in [0.2, 0.25) is 0 Å². The summed E-state index contributed by atoms with van der Waals surface area (Å²) in [5, 5.41) is 16.0. The minimum atomic E-state index is -0.136. The molecule has 0 aliphatic heterocycles. The smallest absolute Gasteiger partial charge is 0.271 e. The molecule has 1 fully saturated rings. The van der Waals surface area contributed by atoms with E-state index in [1.54, 1.807) is 22.0 Å². The van der Waals surface area contributed by atoms with E-state index in [9.17, 15) is 4.79 Å². The predicted molar refractivity (Wildman–Crippen MR) is 95.4 cm³/mol. The zero-order valence-corrected chi connectivity index (χ0v) is 14.3. The topological polar surface area (TPSA) is 83.3 Å². The maximum atomic E-state index is 12.4. The molecule has 0 unspecified atom stereocenters. The lowest BCUT2D eigenvalue weighted by molar-refractivity contribution is 0.0944. The monoisotopic (exact) mass is 342 g/mol. The number of imidazole rings is 1. The summed E-state index contributed by atoms with van der Waals surface area (Å²) < 4.78 is 1.59. The number of fused-ring (bicyclic) bond motifs is 1. The number of carbonyl (C=O) groups excluding carboxylic acids is 1. The van der Waals surface area contributed by atoms with Crippen LogP contribution in [0.3, 0.4) is 0 Å². The molecule has 3 aromatic rings. The first-order valence-corrected chi connectivity index (χ1v) is 8.72. The van der Waals surface area contributed by atoms with E-state index in [-0.39, 0.29) is 5.91 Å². The Hall–Kier alpha value is -2.61. The van der Waals surface area contributed by atoms with Crippen LogP contribution in [0.2, 0.25) is 0 Å². The fraction of sp³-hybridized carbons (Fsp3) is 0.312. The molecule has 0 spiro atoms. The highest BCUT2D eigenvalue weighted by Gasteiger charge is 2.26. The SMILES string of the molecule is CNc1cc(Nc2ccsc2C)nn2c(C(=O)NC3CC3)cnc12. The van der Waals surface area contributed by atoms with Crippen LogP contribution in [-0.2, 0) is 0 Å². The van der Waals surface area contributed by atoms with Crippen LogP contribution in [0.1, 0.15) is 28.2 Å². The van der Waals surface area contributed by atoms with Crippen molar-refractivity contribution in [2.75, 3.05) is 17.7 Å². The number of amides is 1. The van der Waals surface area contributed by atoms with Gasteiger partial charge in [-0.3, -0.25) is 4.79 Å². The third kappa shape index (κ3) is 2.69. The molecule has 124 valence electrons. The molecule has 0 radical (unpaired) electrons. The first kappa shape index (κ1) is 14.9. The second-order valence-electron chi connectivity index (χ2n) is 5.84. The molecule has 1 amide bonds. The van der Waals surface area contributed by atoms with Crippen molar-refractivity contribution in [3.63, 3.8) is 0 Å². The summed E-state index contributed by atoms with van der Waals surface area (Å²) >= 11 is 1.67. The molecule has 1 aliphatic rings. The molecule has 3 heterocycles. The van der Waals surface area contributed by atoms with E-state index in [1.807, 2.05) is 24.6 Å². The average Bonchev–Trinajstić information content (AvgIpc) is 3.13. The first-order chi connectivity index (χ1) is 11.7. The summed E-state index contributed by atoms with van der Waals surface area (Å²) in [5.41, 5.74) is 2.90. The van der Waals surface area contributed by atoms with E-state index in [1.165, 1.54) is 4.88 Å². The summed E-state index contributed by atoms with van der Waals surface area (Å²) in [7, 11) is 1.83. The highest BCUT2D eigenvalue weighted by molar-refractivity contribution is 7.10. The Bertz CT molecular complexity index is 911. The number of aromatic nitrogens is 3. The molecule has 4 rings (SSSR count). The van der Waals surface area contributed by atoms with Crippen molar-refractivity contribution in [3.8, 4) is 0 Å². The molecule has 24 heavy (non-hydrogen) atoms. The Labute approximate surface area is 143 Å². The van der Waals surface area contributed by atoms with Gasteiger partial charge in [0.05, 0.1) is 17.6 Å². The lowest BCUT2D eigenvalue weighted by Gasteiger charge is -2.10. The minimum Gasteiger partial charge on any atom is -0.385 e. The minimum absolute atomic E-state index is 0.136. The quantitative estimate of drug-likeness (QED) is 0.664. The first-order valence-electron chi connectivity index (χ1n) is 7.84. The second kappa shape index (κ2) is 5.79. The van der Waals surface area contributed by atoms with Gasteiger partial charge in [0, 0.05) is 24.0 Å². The van der Waals surface area contributed by atoms with Crippen LogP contribution in [0.5, 0.6) is 0 Å². The molecule has 1 saturated carbocycles. The van der Waals surface area contributed by atoms with Crippen molar-refractivity contribution in [3.05, 3.63) is 34.3 Å². The molecule has 0 atom stereocenters. The van der Waals surface area contributed by atoms with Crippen LogP contribution in [0.4, 0.5) is 17.2 Å². The second-order valence-corrected chi connectivity index (χ2v) is 6.96. The van der Waals surface area contributed by atoms with Gasteiger partial charge < -0.3 is 16.0 Å². The predicted octanol–water partition coefficient (Wildman–Crippen LogP) is 2.78. The summed E-state index contributed by atoms with van der Waals surface area (Å²) in [4.78, 5) is 17.9. The summed E-state index contributed by atoms with van der Waals surface area (Å²) in [6, 6.07) is 4.20. The van der Waals surface area contributed by atoms with Crippen molar-refractivity contribution in [2.24, 2.45) is 0 Å². The van der Waals surface area contributed by atoms with Crippen LogP contribution in [0, 0.1) is 6.92 Å². The third-order valence-corrected chi connectivity index (χ3v) is 4.85. The van der Waals surface area contributed by atoms with Gasteiger partial charge in [0.25, 0.3) is 5.91 Å². The van der Waals surface area contributed by atoms with Gasteiger partial charge in [-0.05, 0) is 31.2 Å². The number of aryl methyl sites for hydroxylation is 1. The maximum absolute atomic E-state index is 12.4. The largest absolute Gasteiger partial charge is 0.385 e. The molecule has 0 aromatic carbocycles. The van der Waals surface area contributed by atoms with Crippen molar-refractivity contribution in [1.82, 2.24) is 19.9 Å². The lowest BCUT2D eigenvalue weighted by Crippen LogP contribution is -2.27. The highest BCUT2D eigenvalue weighted by Crippen LogP contribution is 2.27. The fourth-order valence-electron chi connectivity index (χ4n) is 2.51. The molecule has 1 aliphatic carbocycles. The van der Waals surface area contributed by atoms with Gasteiger partial charge in [0.1, 0.15) is 0 Å². The summed E-state index contributed by atoms with van der Waals surface area (Å²) in [5.74, 6) is 0.523. The number of anilines is 3. The number of hydrogen-bond donors (Lipinski definition) is 3. The fourth-order valence-corrected chi connectivity index (χ4v) is 3.16. The summed E-state index contributed by atoms with van der Waals surface area (Å²) in [6.07, 6.45) is 3.66.